The quantitative estimate of drug-likeness (QED) is 0.561. The Morgan fingerprint density at radius 2 is 1.83 bits per heavy atom. The fourth-order valence-corrected chi connectivity index (χ4v) is 3.56. The van der Waals surface area contributed by atoms with Crippen LogP contribution in [0.3, 0.4) is 0 Å². The molecule has 158 valence electrons. The molecule has 2 aromatic rings. The predicted octanol–water partition coefficient (Wildman–Crippen LogP) is 2.88. The second-order valence-corrected chi connectivity index (χ2v) is 7.66. The van der Waals surface area contributed by atoms with Crippen LogP contribution in [0.1, 0.15) is 11.1 Å². The van der Waals surface area contributed by atoms with Crippen molar-refractivity contribution in [3.63, 3.8) is 0 Å². The van der Waals surface area contributed by atoms with Crippen LogP contribution in [0.15, 0.2) is 42.5 Å². The lowest BCUT2D eigenvalue weighted by atomic mass is 10.1. The van der Waals surface area contributed by atoms with Crippen LogP contribution in [0.2, 0.25) is 5.02 Å². The lowest BCUT2D eigenvalue weighted by Crippen LogP contribution is -2.50. The number of benzene rings is 2. The first-order valence-electron chi connectivity index (χ1n) is 9.62. The number of halogens is 1. The molecule has 1 aliphatic rings. The summed E-state index contributed by atoms with van der Waals surface area (Å²) in [6, 6.07) is 11.9. The molecule has 0 aliphatic carbocycles. The summed E-state index contributed by atoms with van der Waals surface area (Å²) >= 11 is 5.79. The van der Waals surface area contributed by atoms with Gasteiger partial charge in [0, 0.05) is 37.3 Å². The van der Waals surface area contributed by atoms with Gasteiger partial charge in [0.2, 0.25) is 11.8 Å². The smallest absolute Gasteiger partial charge is 0.294 e. The fourth-order valence-electron chi connectivity index (χ4n) is 3.39. The molecule has 2 aromatic carbocycles. The zero-order chi connectivity index (χ0) is 21.7. The summed E-state index contributed by atoms with van der Waals surface area (Å²) < 4.78 is 0. The molecule has 0 atom stereocenters. The molecule has 1 saturated heterocycles. The van der Waals surface area contributed by atoms with Gasteiger partial charge in [-0.2, -0.15) is 0 Å². The number of nitrogens with one attached hydrogen (secondary N) is 1. The summed E-state index contributed by atoms with van der Waals surface area (Å²) in [4.78, 5) is 39.2. The Morgan fingerprint density at radius 3 is 2.50 bits per heavy atom. The van der Waals surface area contributed by atoms with Crippen molar-refractivity contribution in [2.24, 2.45) is 0 Å². The molecule has 1 heterocycles. The zero-order valence-electron chi connectivity index (χ0n) is 16.6. The number of aryl methyl sites for hydroxylation is 1. The second kappa shape index (κ2) is 9.69. The van der Waals surface area contributed by atoms with Gasteiger partial charge in [-0.25, -0.2) is 0 Å². The Morgan fingerprint density at radius 1 is 1.13 bits per heavy atom. The molecular weight excluding hydrogens is 408 g/mol. The lowest BCUT2D eigenvalue weighted by molar-refractivity contribution is -0.383. The van der Waals surface area contributed by atoms with Crippen molar-refractivity contribution in [3.8, 4) is 0 Å². The van der Waals surface area contributed by atoms with Crippen molar-refractivity contribution in [2.75, 3.05) is 38.0 Å². The van der Waals surface area contributed by atoms with E-state index in [1.807, 2.05) is 41.0 Å². The van der Waals surface area contributed by atoms with E-state index in [1.165, 1.54) is 18.2 Å². The number of carbonyl (C=O) groups is 2. The van der Waals surface area contributed by atoms with Crippen LogP contribution >= 0.6 is 11.6 Å². The highest BCUT2D eigenvalue weighted by Gasteiger charge is 2.24. The van der Waals surface area contributed by atoms with E-state index in [0.29, 0.717) is 32.6 Å². The van der Waals surface area contributed by atoms with Crippen LogP contribution in [0, 0.1) is 17.0 Å². The first kappa shape index (κ1) is 21.7. The van der Waals surface area contributed by atoms with Crippen LogP contribution in [0.4, 0.5) is 11.4 Å². The van der Waals surface area contributed by atoms with Crippen molar-refractivity contribution >= 4 is 34.8 Å². The maximum atomic E-state index is 12.6. The zero-order valence-corrected chi connectivity index (χ0v) is 17.4. The van der Waals surface area contributed by atoms with E-state index in [9.17, 15) is 19.7 Å². The van der Waals surface area contributed by atoms with Gasteiger partial charge in [0.05, 0.1) is 17.9 Å². The van der Waals surface area contributed by atoms with E-state index in [0.717, 1.165) is 11.1 Å². The Balaban J connectivity index is 1.50. The highest BCUT2D eigenvalue weighted by atomic mass is 35.5. The molecule has 0 aromatic heterocycles. The number of nitrogens with zero attached hydrogens (tertiary/aromatic N) is 3. The summed E-state index contributed by atoms with van der Waals surface area (Å²) in [5, 5.41) is 14.0. The molecule has 8 nitrogen and oxygen atoms in total. The number of amides is 2. The van der Waals surface area contributed by atoms with Crippen molar-refractivity contribution in [1.29, 1.82) is 0 Å². The molecule has 1 aliphatic heterocycles. The number of carbonyl (C=O) groups excluding carboxylic acids is 2. The van der Waals surface area contributed by atoms with Crippen LogP contribution in [-0.4, -0.2) is 59.3 Å². The van der Waals surface area contributed by atoms with Gasteiger partial charge in [-0.3, -0.25) is 24.6 Å². The third-order valence-corrected chi connectivity index (χ3v) is 5.36. The van der Waals surface area contributed by atoms with Gasteiger partial charge in [0.1, 0.15) is 5.69 Å². The number of rotatable bonds is 6. The molecule has 1 N–H and O–H groups in total. The minimum absolute atomic E-state index is 0.0743. The number of hydrogen-bond donors (Lipinski definition) is 1. The molecule has 30 heavy (non-hydrogen) atoms. The average molecular weight is 431 g/mol. The van der Waals surface area contributed by atoms with Crippen LogP contribution in [0.25, 0.3) is 0 Å². The van der Waals surface area contributed by atoms with Crippen molar-refractivity contribution in [1.82, 2.24) is 9.80 Å². The van der Waals surface area contributed by atoms with Gasteiger partial charge >= 0.3 is 0 Å². The third kappa shape index (κ3) is 5.55. The Hall–Kier alpha value is -2.97. The predicted molar refractivity (Wildman–Crippen MR) is 115 cm³/mol. The third-order valence-electron chi connectivity index (χ3n) is 5.13. The van der Waals surface area contributed by atoms with E-state index in [-0.39, 0.29) is 34.8 Å². The summed E-state index contributed by atoms with van der Waals surface area (Å²) in [5.41, 5.74) is 1.98. The number of hydrogen-bond acceptors (Lipinski definition) is 5. The lowest BCUT2D eigenvalue weighted by Gasteiger charge is -2.34. The topological polar surface area (TPSA) is 95.8 Å². The van der Waals surface area contributed by atoms with Gasteiger partial charge < -0.3 is 10.2 Å². The standard InChI is InChI=1S/C21H23ClN4O4/c1-15-4-2-3-5-16(15)12-21(28)25-10-8-24(9-11-25)14-20(27)23-18-7-6-17(22)13-19(18)26(29)30/h2-7,13H,8-12,14H2,1H3,(H,23,27). The van der Waals surface area contributed by atoms with Gasteiger partial charge in [0.15, 0.2) is 0 Å². The summed E-state index contributed by atoms with van der Waals surface area (Å²) in [6.07, 6.45) is 0.368. The average Bonchev–Trinajstić information content (AvgIpc) is 2.71. The van der Waals surface area contributed by atoms with Gasteiger partial charge in [0.25, 0.3) is 5.69 Å². The minimum Gasteiger partial charge on any atom is -0.340 e. The van der Waals surface area contributed by atoms with E-state index in [1.54, 1.807) is 0 Å². The highest BCUT2D eigenvalue weighted by molar-refractivity contribution is 6.31. The molecular formula is C21H23ClN4O4. The van der Waals surface area contributed by atoms with Crippen LogP contribution in [0.5, 0.6) is 0 Å². The fraction of sp³-hybridized carbons (Fsp3) is 0.333. The molecule has 3 rings (SSSR count). The molecule has 0 saturated carbocycles. The monoisotopic (exact) mass is 430 g/mol. The summed E-state index contributed by atoms with van der Waals surface area (Å²) in [5.74, 6) is -0.273. The maximum absolute atomic E-state index is 12.6. The molecule has 0 spiro atoms. The molecule has 2 amide bonds. The van der Waals surface area contributed by atoms with Crippen LogP contribution in [-0.2, 0) is 16.0 Å². The van der Waals surface area contributed by atoms with Crippen molar-refractivity contribution < 1.29 is 14.5 Å². The van der Waals surface area contributed by atoms with Gasteiger partial charge in [-0.1, -0.05) is 35.9 Å². The van der Waals surface area contributed by atoms with Crippen molar-refractivity contribution in [3.05, 3.63) is 68.7 Å². The number of anilines is 1. The van der Waals surface area contributed by atoms with Crippen LogP contribution < -0.4 is 5.32 Å². The maximum Gasteiger partial charge on any atom is 0.294 e. The van der Waals surface area contributed by atoms with E-state index in [4.69, 9.17) is 11.6 Å². The molecule has 0 unspecified atom stereocenters. The Kier molecular flexibility index (Phi) is 7.02. The first-order valence-corrected chi connectivity index (χ1v) is 9.99. The highest BCUT2D eigenvalue weighted by Crippen LogP contribution is 2.27. The normalized spacial score (nSPS) is 14.4. The minimum atomic E-state index is -0.583. The van der Waals surface area contributed by atoms with Crippen molar-refractivity contribution in [2.45, 2.75) is 13.3 Å². The number of nitro groups is 1. The molecule has 1 fully saturated rings. The Bertz CT molecular complexity index is 958. The summed E-state index contributed by atoms with van der Waals surface area (Å²) in [6.45, 7) is 4.30. The van der Waals surface area contributed by atoms with E-state index < -0.39 is 4.92 Å². The number of nitro benzene ring substituents is 1. The van der Waals surface area contributed by atoms with E-state index in [2.05, 4.69) is 5.32 Å². The second-order valence-electron chi connectivity index (χ2n) is 7.23. The Labute approximate surface area is 179 Å². The number of piperazine rings is 1. The summed E-state index contributed by atoms with van der Waals surface area (Å²) in [7, 11) is 0. The van der Waals surface area contributed by atoms with Gasteiger partial charge in [-0.05, 0) is 30.2 Å². The SMILES string of the molecule is Cc1ccccc1CC(=O)N1CCN(CC(=O)Nc2ccc(Cl)cc2[N+](=O)[O-])CC1. The molecule has 0 radical (unpaired) electrons. The first-order chi connectivity index (χ1) is 14.3. The van der Waals surface area contributed by atoms with E-state index >= 15 is 0 Å². The molecule has 9 heteroatoms. The van der Waals surface area contributed by atoms with Gasteiger partial charge in [-0.15, -0.1) is 0 Å². The molecule has 0 bridgehead atoms. The largest absolute Gasteiger partial charge is 0.340 e.